The van der Waals surface area contributed by atoms with Gasteiger partial charge in [-0.25, -0.2) is 13.2 Å². The average Bonchev–Trinajstić information content (AvgIpc) is 3.05. The van der Waals surface area contributed by atoms with Crippen LogP contribution in [0.1, 0.15) is 32.8 Å². The van der Waals surface area contributed by atoms with Crippen molar-refractivity contribution in [1.82, 2.24) is 0 Å². The number of nitriles is 1. The quantitative estimate of drug-likeness (QED) is 0.856. The number of thiophene rings is 1. The Bertz CT molecular complexity index is 823. The molecule has 1 amide bonds. The maximum absolute atomic E-state index is 13.6. The normalized spacial score (nSPS) is 12.8. The summed E-state index contributed by atoms with van der Waals surface area (Å²) in [7, 11) is 0. The molecule has 0 fully saturated rings. The molecule has 0 unspecified atom stereocenters. The molecule has 0 atom stereocenters. The van der Waals surface area contributed by atoms with E-state index in [9.17, 15) is 23.2 Å². The van der Waals surface area contributed by atoms with Crippen LogP contribution in [0.5, 0.6) is 0 Å². The van der Waals surface area contributed by atoms with Gasteiger partial charge in [0.1, 0.15) is 11.1 Å². The first-order chi connectivity index (χ1) is 10.5. The molecule has 22 heavy (non-hydrogen) atoms. The van der Waals surface area contributed by atoms with Crippen LogP contribution >= 0.6 is 11.3 Å². The van der Waals surface area contributed by atoms with E-state index in [1.807, 2.05) is 6.07 Å². The summed E-state index contributed by atoms with van der Waals surface area (Å²) in [5.41, 5.74) is 0.679. The number of hydrogen-bond acceptors (Lipinski definition) is 3. The molecule has 112 valence electrons. The van der Waals surface area contributed by atoms with Gasteiger partial charge in [-0.15, -0.1) is 11.3 Å². The third kappa shape index (κ3) is 2.25. The number of carbonyl (C=O) groups excluding carboxylic acids is 1. The highest BCUT2D eigenvalue weighted by Gasteiger charge is 2.25. The number of nitrogens with zero attached hydrogens (tertiary/aromatic N) is 1. The number of aryl methyl sites for hydroxylation is 1. The molecule has 3 rings (SSSR count). The Labute approximate surface area is 128 Å². The third-order valence-corrected chi connectivity index (χ3v) is 4.75. The monoisotopic (exact) mass is 322 g/mol. The highest BCUT2D eigenvalue weighted by atomic mass is 32.1. The Morgan fingerprint density at radius 1 is 1.23 bits per heavy atom. The van der Waals surface area contributed by atoms with E-state index in [1.165, 1.54) is 11.3 Å². The largest absolute Gasteiger partial charge is 0.312 e. The van der Waals surface area contributed by atoms with Gasteiger partial charge in [-0.05, 0) is 37.0 Å². The molecule has 0 saturated carbocycles. The summed E-state index contributed by atoms with van der Waals surface area (Å²) in [5, 5.41) is 12.0. The van der Waals surface area contributed by atoms with E-state index in [1.54, 1.807) is 0 Å². The van der Waals surface area contributed by atoms with Gasteiger partial charge >= 0.3 is 0 Å². The Morgan fingerprint density at radius 3 is 2.73 bits per heavy atom. The predicted octanol–water partition coefficient (Wildman–Crippen LogP) is 3.78. The molecule has 3 nitrogen and oxygen atoms in total. The lowest BCUT2D eigenvalue weighted by Gasteiger charge is -2.06. The van der Waals surface area contributed by atoms with E-state index in [4.69, 9.17) is 0 Å². The van der Waals surface area contributed by atoms with Crippen LogP contribution in [-0.4, -0.2) is 5.91 Å². The molecule has 1 aliphatic rings. The standard InChI is InChI=1S/C15H9F3N2OS/c16-10-5-4-8(12(17)13(10)18)14(21)20-15-9(6-19)7-2-1-3-11(7)22-15/h4-5H,1-3H2,(H,20,21). The average molecular weight is 322 g/mol. The van der Waals surface area contributed by atoms with E-state index in [0.717, 1.165) is 35.8 Å². The van der Waals surface area contributed by atoms with E-state index in [0.29, 0.717) is 16.6 Å². The molecular formula is C15H9F3N2OS. The molecule has 1 aromatic carbocycles. The van der Waals surface area contributed by atoms with Crippen LogP contribution in [0.2, 0.25) is 0 Å². The summed E-state index contributed by atoms with van der Waals surface area (Å²) in [6.07, 6.45) is 2.57. The molecule has 0 bridgehead atoms. The summed E-state index contributed by atoms with van der Waals surface area (Å²) >= 11 is 1.26. The van der Waals surface area contributed by atoms with E-state index >= 15 is 0 Å². The summed E-state index contributed by atoms with van der Waals surface area (Å²) in [6.45, 7) is 0. The summed E-state index contributed by atoms with van der Waals surface area (Å²) in [4.78, 5) is 13.1. The number of anilines is 1. The van der Waals surface area contributed by atoms with Gasteiger partial charge in [0.25, 0.3) is 5.91 Å². The highest BCUT2D eigenvalue weighted by Crippen LogP contribution is 2.38. The lowest BCUT2D eigenvalue weighted by Crippen LogP contribution is -2.15. The topological polar surface area (TPSA) is 52.9 Å². The molecule has 0 spiro atoms. The summed E-state index contributed by atoms with van der Waals surface area (Å²) in [6, 6.07) is 3.59. The molecule has 1 heterocycles. The molecule has 2 aromatic rings. The second-order valence-electron chi connectivity index (χ2n) is 4.85. The van der Waals surface area contributed by atoms with Crippen LogP contribution in [0.4, 0.5) is 18.2 Å². The Kier molecular flexibility index (Phi) is 3.62. The van der Waals surface area contributed by atoms with Gasteiger partial charge in [0.2, 0.25) is 0 Å². The van der Waals surface area contributed by atoms with Crippen molar-refractivity contribution in [3.8, 4) is 6.07 Å². The second-order valence-corrected chi connectivity index (χ2v) is 5.96. The number of amides is 1. The number of rotatable bonds is 2. The Morgan fingerprint density at radius 2 is 2.00 bits per heavy atom. The lowest BCUT2D eigenvalue weighted by molar-refractivity contribution is 0.102. The fourth-order valence-corrected chi connectivity index (χ4v) is 3.72. The maximum atomic E-state index is 13.6. The van der Waals surface area contributed by atoms with Crippen LogP contribution in [0.15, 0.2) is 12.1 Å². The SMILES string of the molecule is N#Cc1c(NC(=O)c2ccc(F)c(F)c2F)sc2c1CCC2. The predicted molar refractivity (Wildman–Crippen MR) is 75.3 cm³/mol. The minimum Gasteiger partial charge on any atom is -0.312 e. The number of carbonyl (C=O) groups is 1. The number of halogens is 3. The van der Waals surface area contributed by atoms with Gasteiger partial charge in [0.05, 0.1) is 11.1 Å². The zero-order valence-corrected chi connectivity index (χ0v) is 12.0. The van der Waals surface area contributed by atoms with E-state index in [-0.39, 0.29) is 0 Å². The van der Waals surface area contributed by atoms with Crippen LogP contribution < -0.4 is 5.32 Å². The van der Waals surface area contributed by atoms with Crippen LogP contribution in [0.25, 0.3) is 0 Å². The van der Waals surface area contributed by atoms with Crippen molar-refractivity contribution < 1.29 is 18.0 Å². The first kappa shape index (κ1) is 14.6. The van der Waals surface area contributed by atoms with Gasteiger partial charge in [-0.2, -0.15) is 5.26 Å². The molecule has 1 N–H and O–H groups in total. The van der Waals surface area contributed by atoms with Crippen LogP contribution in [0, 0.1) is 28.8 Å². The number of fused-ring (bicyclic) bond motifs is 1. The molecule has 0 aliphatic heterocycles. The van der Waals surface area contributed by atoms with Gasteiger partial charge in [-0.1, -0.05) is 0 Å². The molecular weight excluding hydrogens is 313 g/mol. The van der Waals surface area contributed by atoms with Crippen LogP contribution in [0.3, 0.4) is 0 Å². The summed E-state index contributed by atoms with van der Waals surface area (Å²) < 4.78 is 39.7. The molecule has 7 heteroatoms. The second kappa shape index (κ2) is 5.46. The Balaban J connectivity index is 1.93. The zero-order chi connectivity index (χ0) is 15.9. The van der Waals surface area contributed by atoms with Crippen molar-refractivity contribution in [3.05, 3.63) is 51.2 Å². The van der Waals surface area contributed by atoms with Gasteiger partial charge in [0.15, 0.2) is 17.5 Å². The van der Waals surface area contributed by atoms with Crippen molar-refractivity contribution in [2.45, 2.75) is 19.3 Å². The van der Waals surface area contributed by atoms with Crippen molar-refractivity contribution in [3.63, 3.8) is 0 Å². The zero-order valence-electron chi connectivity index (χ0n) is 11.2. The molecule has 1 aromatic heterocycles. The van der Waals surface area contributed by atoms with Crippen molar-refractivity contribution in [1.29, 1.82) is 5.26 Å². The number of hydrogen-bond donors (Lipinski definition) is 1. The Hall–Kier alpha value is -2.33. The van der Waals surface area contributed by atoms with Gasteiger partial charge in [-0.3, -0.25) is 4.79 Å². The van der Waals surface area contributed by atoms with Gasteiger partial charge < -0.3 is 5.32 Å². The molecule has 0 radical (unpaired) electrons. The minimum absolute atomic E-state index is 0.321. The van der Waals surface area contributed by atoms with Crippen molar-refractivity contribution >= 4 is 22.2 Å². The number of benzene rings is 1. The minimum atomic E-state index is -1.69. The number of nitrogens with one attached hydrogen (secondary N) is 1. The molecule has 0 saturated heterocycles. The van der Waals surface area contributed by atoms with Crippen molar-refractivity contribution in [2.75, 3.05) is 5.32 Å². The third-order valence-electron chi connectivity index (χ3n) is 3.54. The first-order valence-electron chi connectivity index (χ1n) is 6.52. The smallest absolute Gasteiger partial charge is 0.259 e. The summed E-state index contributed by atoms with van der Waals surface area (Å²) in [5.74, 6) is -5.50. The fraction of sp³-hybridized carbons (Fsp3) is 0.200. The van der Waals surface area contributed by atoms with Crippen molar-refractivity contribution in [2.24, 2.45) is 0 Å². The first-order valence-corrected chi connectivity index (χ1v) is 7.34. The maximum Gasteiger partial charge on any atom is 0.259 e. The highest BCUT2D eigenvalue weighted by molar-refractivity contribution is 7.16. The van der Waals surface area contributed by atoms with E-state index in [2.05, 4.69) is 5.32 Å². The fourth-order valence-electron chi connectivity index (χ4n) is 2.48. The lowest BCUT2D eigenvalue weighted by atomic mass is 10.1. The van der Waals surface area contributed by atoms with E-state index < -0.39 is 28.9 Å². The van der Waals surface area contributed by atoms with Crippen LogP contribution in [-0.2, 0) is 12.8 Å². The molecule has 1 aliphatic carbocycles. The van der Waals surface area contributed by atoms with Gasteiger partial charge in [0, 0.05) is 4.88 Å².